The van der Waals surface area contributed by atoms with Crippen LogP contribution in [0.25, 0.3) is 10.9 Å². The van der Waals surface area contributed by atoms with Crippen LogP contribution < -0.4 is 20.3 Å². The number of H-pyrrole nitrogens is 1. The van der Waals surface area contributed by atoms with E-state index in [0.717, 1.165) is 31.2 Å². The zero-order valence-corrected chi connectivity index (χ0v) is 19.0. The Morgan fingerprint density at radius 3 is 2.71 bits per heavy atom. The second kappa shape index (κ2) is 10.6. The molecule has 0 spiro atoms. The van der Waals surface area contributed by atoms with Gasteiger partial charge >= 0.3 is 0 Å². The number of halogens is 1. The SMILES string of the molecule is COc1cccc(CNC(=O)c2nc3ccc(F)c(OC[C@H]4CC[C@H](CO)CC4)c3c(=O)[nH]2)c1. The van der Waals surface area contributed by atoms with Crippen molar-refractivity contribution in [1.82, 2.24) is 15.3 Å². The summed E-state index contributed by atoms with van der Waals surface area (Å²) in [5.41, 5.74) is 0.354. The molecule has 3 aromatic rings. The number of aliphatic hydroxyl groups is 1. The zero-order valence-electron chi connectivity index (χ0n) is 19.0. The molecule has 34 heavy (non-hydrogen) atoms. The first-order chi connectivity index (χ1) is 16.5. The standard InChI is InChI=1S/C25H28FN3O5/c1-33-18-4-2-3-17(11-18)12-27-25(32)23-28-20-10-9-19(26)22(21(20)24(31)29-23)34-14-16-7-5-15(13-30)6-8-16/h2-4,9-11,15-16,30H,5-8,12-14H2,1H3,(H,27,32)(H,28,29,31)/t15-,16-. The third-order valence-electron chi connectivity index (χ3n) is 6.27. The van der Waals surface area contributed by atoms with Gasteiger partial charge < -0.3 is 24.9 Å². The lowest BCUT2D eigenvalue weighted by molar-refractivity contribution is 0.0940. The average molecular weight is 470 g/mol. The number of ether oxygens (including phenoxy) is 2. The normalized spacial score (nSPS) is 18.0. The van der Waals surface area contributed by atoms with Crippen molar-refractivity contribution in [3.05, 3.63) is 64.0 Å². The summed E-state index contributed by atoms with van der Waals surface area (Å²) in [6.07, 6.45) is 3.56. The molecule has 1 aromatic heterocycles. The first-order valence-corrected chi connectivity index (χ1v) is 11.4. The molecule has 1 aliphatic carbocycles. The average Bonchev–Trinajstić information content (AvgIpc) is 2.87. The fourth-order valence-electron chi connectivity index (χ4n) is 4.26. The largest absolute Gasteiger partial charge is 0.497 e. The molecule has 1 saturated carbocycles. The van der Waals surface area contributed by atoms with E-state index in [9.17, 15) is 19.1 Å². The Hall–Kier alpha value is -3.46. The third kappa shape index (κ3) is 5.36. The molecule has 0 aliphatic heterocycles. The van der Waals surface area contributed by atoms with Crippen LogP contribution in [-0.4, -0.2) is 41.3 Å². The monoisotopic (exact) mass is 469 g/mol. The molecule has 0 unspecified atom stereocenters. The van der Waals surface area contributed by atoms with Gasteiger partial charge in [0.05, 0.1) is 19.2 Å². The number of carbonyl (C=O) groups excluding carboxylic acids is 1. The molecule has 9 heteroatoms. The van der Waals surface area contributed by atoms with Crippen LogP contribution in [0.15, 0.2) is 41.2 Å². The van der Waals surface area contributed by atoms with Gasteiger partial charge in [-0.3, -0.25) is 9.59 Å². The van der Waals surface area contributed by atoms with Crippen LogP contribution in [0.3, 0.4) is 0 Å². The van der Waals surface area contributed by atoms with Gasteiger partial charge in [0.15, 0.2) is 17.4 Å². The maximum Gasteiger partial charge on any atom is 0.287 e. The summed E-state index contributed by atoms with van der Waals surface area (Å²) < 4.78 is 25.5. The number of rotatable bonds is 8. The van der Waals surface area contributed by atoms with Gasteiger partial charge in [0.1, 0.15) is 11.1 Å². The first-order valence-electron chi connectivity index (χ1n) is 11.4. The molecule has 0 radical (unpaired) electrons. The maximum atomic E-state index is 14.6. The Morgan fingerprint density at radius 2 is 1.97 bits per heavy atom. The molecule has 1 fully saturated rings. The van der Waals surface area contributed by atoms with E-state index in [1.54, 1.807) is 19.2 Å². The molecule has 1 aliphatic rings. The highest BCUT2D eigenvalue weighted by molar-refractivity contribution is 5.93. The molecule has 3 N–H and O–H groups in total. The Balaban J connectivity index is 1.49. The number of aromatic amines is 1. The lowest BCUT2D eigenvalue weighted by Crippen LogP contribution is -2.28. The molecule has 0 saturated heterocycles. The summed E-state index contributed by atoms with van der Waals surface area (Å²) in [7, 11) is 1.56. The van der Waals surface area contributed by atoms with Crippen LogP contribution in [0.2, 0.25) is 0 Å². The molecule has 0 atom stereocenters. The number of hydrogen-bond donors (Lipinski definition) is 3. The van der Waals surface area contributed by atoms with Gasteiger partial charge in [-0.05, 0) is 67.3 Å². The van der Waals surface area contributed by atoms with Crippen molar-refractivity contribution >= 4 is 16.8 Å². The van der Waals surface area contributed by atoms with Crippen LogP contribution in [0, 0.1) is 17.7 Å². The van der Waals surface area contributed by atoms with E-state index in [2.05, 4.69) is 15.3 Å². The molecule has 8 nitrogen and oxygen atoms in total. The van der Waals surface area contributed by atoms with Crippen molar-refractivity contribution < 1.29 is 23.8 Å². The van der Waals surface area contributed by atoms with Crippen molar-refractivity contribution in [1.29, 1.82) is 0 Å². The minimum atomic E-state index is -0.654. The quantitative estimate of drug-likeness (QED) is 0.467. The Labute approximate surface area is 196 Å². The number of nitrogens with zero attached hydrogens (tertiary/aromatic N) is 1. The highest BCUT2D eigenvalue weighted by Crippen LogP contribution is 2.31. The second-order valence-corrected chi connectivity index (χ2v) is 8.60. The first kappa shape index (κ1) is 23.7. The van der Waals surface area contributed by atoms with Crippen molar-refractivity contribution in [3.8, 4) is 11.5 Å². The van der Waals surface area contributed by atoms with E-state index in [1.807, 2.05) is 12.1 Å². The highest BCUT2D eigenvalue weighted by atomic mass is 19.1. The fourth-order valence-corrected chi connectivity index (χ4v) is 4.26. The summed E-state index contributed by atoms with van der Waals surface area (Å²) in [4.78, 5) is 32.1. The lowest BCUT2D eigenvalue weighted by atomic mass is 9.83. The predicted molar refractivity (Wildman–Crippen MR) is 125 cm³/mol. The molecule has 180 valence electrons. The Bertz CT molecular complexity index is 1220. The number of hydrogen-bond acceptors (Lipinski definition) is 6. The molecular formula is C25H28FN3O5. The van der Waals surface area contributed by atoms with Crippen LogP contribution in [-0.2, 0) is 6.54 Å². The number of benzene rings is 2. The van der Waals surface area contributed by atoms with Gasteiger partial charge in [-0.15, -0.1) is 0 Å². The van der Waals surface area contributed by atoms with Gasteiger partial charge in [0.2, 0.25) is 0 Å². The highest BCUT2D eigenvalue weighted by Gasteiger charge is 2.23. The molecule has 4 rings (SSSR count). The van der Waals surface area contributed by atoms with Gasteiger partial charge in [-0.1, -0.05) is 12.1 Å². The number of fused-ring (bicyclic) bond motifs is 1. The molecular weight excluding hydrogens is 441 g/mol. The maximum absolute atomic E-state index is 14.6. The molecule has 0 bridgehead atoms. The van der Waals surface area contributed by atoms with Gasteiger partial charge in [-0.25, -0.2) is 9.37 Å². The van der Waals surface area contributed by atoms with E-state index in [1.165, 1.54) is 12.1 Å². The summed E-state index contributed by atoms with van der Waals surface area (Å²) in [6.45, 7) is 0.673. The van der Waals surface area contributed by atoms with Crippen molar-refractivity contribution in [2.45, 2.75) is 32.2 Å². The topological polar surface area (TPSA) is 114 Å². The predicted octanol–water partition coefficient (Wildman–Crippen LogP) is 3.18. The zero-order chi connectivity index (χ0) is 24.1. The summed E-state index contributed by atoms with van der Waals surface area (Å²) >= 11 is 0. The van der Waals surface area contributed by atoms with E-state index >= 15 is 0 Å². The van der Waals surface area contributed by atoms with Gasteiger partial charge in [0, 0.05) is 13.2 Å². The Kier molecular flexibility index (Phi) is 7.42. The van der Waals surface area contributed by atoms with Crippen LogP contribution in [0.5, 0.6) is 11.5 Å². The van der Waals surface area contributed by atoms with Crippen molar-refractivity contribution in [2.75, 3.05) is 20.3 Å². The van der Waals surface area contributed by atoms with Crippen LogP contribution in [0.1, 0.15) is 41.9 Å². The number of amides is 1. The molecule has 2 aromatic carbocycles. The van der Waals surface area contributed by atoms with Gasteiger partial charge in [-0.2, -0.15) is 0 Å². The summed E-state index contributed by atoms with van der Waals surface area (Å²) in [5.74, 6) is -0.329. The van der Waals surface area contributed by atoms with Gasteiger partial charge in [0.25, 0.3) is 11.5 Å². The molecule has 1 heterocycles. The lowest BCUT2D eigenvalue weighted by Gasteiger charge is -2.27. The minimum Gasteiger partial charge on any atom is -0.497 e. The van der Waals surface area contributed by atoms with E-state index in [-0.39, 0.29) is 48.2 Å². The molecule has 1 amide bonds. The second-order valence-electron chi connectivity index (χ2n) is 8.60. The number of aliphatic hydroxyl groups excluding tert-OH is 1. The van der Waals surface area contributed by atoms with Crippen LogP contribution in [0.4, 0.5) is 4.39 Å². The smallest absolute Gasteiger partial charge is 0.287 e. The van der Waals surface area contributed by atoms with E-state index < -0.39 is 17.3 Å². The third-order valence-corrected chi connectivity index (χ3v) is 6.27. The van der Waals surface area contributed by atoms with E-state index in [4.69, 9.17) is 9.47 Å². The van der Waals surface area contributed by atoms with Crippen molar-refractivity contribution in [3.63, 3.8) is 0 Å². The fraction of sp³-hybridized carbons (Fsp3) is 0.400. The summed E-state index contributed by atoms with van der Waals surface area (Å²) in [6, 6.07) is 9.78. The van der Waals surface area contributed by atoms with E-state index in [0.29, 0.717) is 11.7 Å². The summed E-state index contributed by atoms with van der Waals surface area (Å²) in [5, 5.41) is 12.0. The van der Waals surface area contributed by atoms with Crippen LogP contribution >= 0.6 is 0 Å². The number of carbonyl (C=O) groups is 1. The Morgan fingerprint density at radius 1 is 1.21 bits per heavy atom. The van der Waals surface area contributed by atoms with Crippen molar-refractivity contribution in [2.24, 2.45) is 11.8 Å². The number of nitrogens with one attached hydrogen (secondary N) is 2. The number of aromatic nitrogens is 2. The number of methoxy groups -OCH3 is 1. The minimum absolute atomic E-state index is 0.0200.